The van der Waals surface area contributed by atoms with Crippen LogP contribution >= 0.6 is 0 Å². The SMILES string of the molecule is Cc1noc(-c2ccc(C(C)C)cc2)c1CN. The van der Waals surface area contributed by atoms with Crippen molar-refractivity contribution in [3.8, 4) is 11.3 Å². The summed E-state index contributed by atoms with van der Waals surface area (Å²) in [6, 6.07) is 8.37. The molecule has 17 heavy (non-hydrogen) atoms. The Morgan fingerprint density at radius 1 is 1.24 bits per heavy atom. The first-order chi connectivity index (χ1) is 8.13. The highest BCUT2D eigenvalue weighted by molar-refractivity contribution is 5.62. The van der Waals surface area contributed by atoms with Crippen LogP contribution in [0.1, 0.15) is 36.6 Å². The molecule has 1 aromatic carbocycles. The maximum absolute atomic E-state index is 5.71. The number of hydrogen-bond donors (Lipinski definition) is 1. The van der Waals surface area contributed by atoms with Crippen LogP contribution in [0.25, 0.3) is 11.3 Å². The summed E-state index contributed by atoms with van der Waals surface area (Å²) in [7, 11) is 0. The number of nitrogens with two attached hydrogens (primary N) is 1. The third-order valence-corrected chi connectivity index (χ3v) is 3.03. The van der Waals surface area contributed by atoms with Gasteiger partial charge < -0.3 is 10.3 Å². The van der Waals surface area contributed by atoms with Crippen LogP contribution in [0.3, 0.4) is 0 Å². The molecule has 0 aliphatic carbocycles. The summed E-state index contributed by atoms with van der Waals surface area (Å²) in [5, 5.41) is 3.97. The Balaban J connectivity index is 2.39. The zero-order chi connectivity index (χ0) is 12.4. The summed E-state index contributed by atoms with van der Waals surface area (Å²) in [6.45, 7) is 6.73. The fourth-order valence-corrected chi connectivity index (χ4v) is 1.88. The molecule has 2 N–H and O–H groups in total. The number of nitrogens with zero attached hydrogens (tertiary/aromatic N) is 1. The molecule has 0 aliphatic heterocycles. The van der Waals surface area contributed by atoms with Gasteiger partial charge in [-0.25, -0.2) is 0 Å². The summed E-state index contributed by atoms with van der Waals surface area (Å²) in [5.41, 5.74) is 9.93. The van der Waals surface area contributed by atoms with Crippen LogP contribution in [0.4, 0.5) is 0 Å². The van der Waals surface area contributed by atoms with Crippen molar-refractivity contribution in [3.05, 3.63) is 41.1 Å². The van der Waals surface area contributed by atoms with Gasteiger partial charge in [0.25, 0.3) is 0 Å². The van der Waals surface area contributed by atoms with Gasteiger partial charge in [0.1, 0.15) is 0 Å². The van der Waals surface area contributed by atoms with Crippen molar-refractivity contribution in [3.63, 3.8) is 0 Å². The molecule has 3 heteroatoms. The van der Waals surface area contributed by atoms with Gasteiger partial charge >= 0.3 is 0 Å². The van der Waals surface area contributed by atoms with Crippen molar-refractivity contribution in [2.75, 3.05) is 0 Å². The van der Waals surface area contributed by atoms with Crippen LogP contribution in [0, 0.1) is 6.92 Å². The molecule has 0 spiro atoms. The van der Waals surface area contributed by atoms with Crippen molar-refractivity contribution in [2.24, 2.45) is 5.73 Å². The second-order valence-corrected chi connectivity index (χ2v) is 4.56. The molecule has 1 aromatic heterocycles. The highest BCUT2D eigenvalue weighted by Gasteiger charge is 2.13. The average molecular weight is 230 g/mol. The van der Waals surface area contributed by atoms with E-state index in [2.05, 4.69) is 43.3 Å². The lowest BCUT2D eigenvalue weighted by Crippen LogP contribution is -1.98. The Hall–Kier alpha value is -1.61. The van der Waals surface area contributed by atoms with Crippen LogP contribution in [0.15, 0.2) is 28.8 Å². The third-order valence-electron chi connectivity index (χ3n) is 3.03. The fourth-order valence-electron chi connectivity index (χ4n) is 1.88. The minimum atomic E-state index is 0.455. The van der Waals surface area contributed by atoms with Crippen LogP contribution in [0.5, 0.6) is 0 Å². The predicted molar refractivity (Wildman–Crippen MR) is 68.7 cm³/mol. The molecule has 2 rings (SSSR count). The summed E-state index contributed by atoms with van der Waals surface area (Å²) in [4.78, 5) is 0. The highest BCUT2D eigenvalue weighted by Crippen LogP contribution is 2.27. The van der Waals surface area contributed by atoms with E-state index in [-0.39, 0.29) is 0 Å². The summed E-state index contributed by atoms with van der Waals surface area (Å²) >= 11 is 0. The Bertz CT molecular complexity index is 497. The highest BCUT2D eigenvalue weighted by atomic mass is 16.5. The van der Waals surface area contributed by atoms with E-state index in [1.165, 1.54) is 5.56 Å². The molecule has 1 heterocycles. The normalized spacial score (nSPS) is 11.1. The lowest BCUT2D eigenvalue weighted by molar-refractivity contribution is 0.426. The van der Waals surface area contributed by atoms with Crippen LogP contribution in [-0.4, -0.2) is 5.16 Å². The quantitative estimate of drug-likeness (QED) is 0.880. The molecule has 0 unspecified atom stereocenters. The van der Waals surface area contributed by atoms with Crippen molar-refractivity contribution < 1.29 is 4.52 Å². The molecule has 3 nitrogen and oxygen atoms in total. The Labute approximate surface area is 102 Å². The smallest absolute Gasteiger partial charge is 0.171 e. The van der Waals surface area contributed by atoms with Gasteiger partial charge in [-0.15, -0.1) is 0 Å². The zero-order valence-electron chi connectivity index (χ0n) is 10.5. The third kappa shape index (κ3) is 2.24. The topological polar surface area (TPSA) is 52.0 Å². The van der Waals surface area contributed by atoms with Crippen LogP contribution < -0.4 is 5.73 Å². The van der Waals surface area contributed by atoms with E-state index >= 15 is 0 Å². The number of hydrogen-bond acceptors (Lipinski definition) is 3. The van der Waals surface area contributed by atoms with Crippen molar-refractivity contribution in [2.45, 2.75) is 33.2 Å². The van der Waals surface area contributed by atoms with Gasteiger partial charge in [0.2, 0.25) is 0 Å². The first kappa shape index (κ1) is 11.9. The van der Waals surface area contributed by atoms with Gasteiger partial charge in [0.15, 0.2) is 5.76 Å². The number of aryl methyl sites for hydroxylation is 1. The molecular formula is C14H18N2O. The fraction of sp³-hybridized carbons (Fsp3) is 0.357. The summed E-state index contributed by atoms with van der Waals surface area (Å²) in [6.07, 6.45) is 0. The van der Waals surface area contributed by atoms with Gasteiger partial charge in [-0.3, -0.25) is 0 Å². The van der Waals surface area contributed by atoms with E-state index < -0.39 is 0 Å². The van der Waals surface area contributed by atoms with Crippen molar-refractivity contribution >= 4 is 0 Å². The van der Waals surface area contributed by atoms with Crippen LogP contribution in [-0.2, 0) is 6.54 Å². The van der Waals surface area contributed by atoms with E-state index in [1.807, 2.05) is 6.92 Å². The first-order valence-electron chi connectivity index (χ1n) is 5.89. The molecule has 0 bridgehead atoms. The summed E-state index contributed by atoms with van der Waals surface area (Å²) in [5.74, 6) is 1.33. The number of aromatic nitrogens is 1. The standard InChI is InChI=1S/C14H18N2O/c1-9(2)11-4-6-12(7-5-11)14-13(8-15)10(3)16-17-14/h4-7,9H,8,15H2,1-3H3. The van der Waals surface area contributed by atoms with Crippen LogP contribution in [0.2, 0.25) is 0 Å². The first-order valence-corrected chi connectivity index (χ1v) is 5.89. The summed E-state index contributed by atoms with van der Waals surface area (Å²) < 4.78 is 5.34. The number of rotatable bonds is 3. The average Bonchev–Trinajstić information content (AvgIpc) is 2.70. The molecule has 0 amide bonds. The lowest BCUT2D eigenvalue weighted by Gasteiger charge is -2.06. The van der Waals surface area contributed by atoms with Gasteiger partial charge in [-0.2, -0.15) is 0 Å². The molecule has 0 saturated heterocycles. The van der Waals surface area contributed by atoms with E-state index in [4.69, 9.17) is 10.3 Å². The van der Waals surface area contributed by atoms with E-state index in [0.29, 0.717) is 12.5 Å². The van der Waals surface area contributed by atoms with Crippen molar-refractivity contribution in [1.29, 1.82) is 0 Å². The van der Waals surface area contributed by atoms with Crippen molar-refractivity contribution in [1.82, 2.24) is 5.16 Å². The minimum Gasteiger partial charge on any atom is -0.356 e. The minimum absolute atomic E-state index is 0.455. The van der Waals surface area contributed by atoms with Gasteiger partial charge in [0, 0.05) is 17.7 Å². The molecule has 2 aromatic rings. The number of benzene rings is 1. The molecule has 90 valence electrons. The second kappa shape index (κ2) is 4.72. The molecule has 0 atom stereocenters. The molecule has 0 fully saturated rings. The largest absolute Gasteiger partial charge is 0.356 e. The van der Waals surface area contributed by atoms with E-state index in [9.17, 15) is 0 Å². The van der Waals surface area contributed by atoms with Gasteiger partial charge in [0.05, 0.1) is 5.69 Å². The zero-order valence-corrected chi connectivity index (χ0v) is 10.5. The second-order valence-electron chi connectivity index (χ2n) is 4.56. The van der Waals surface area contributed by atoms with Gasteiger partial charge in [-0.05, 0) is 18.4 Å². The Kier molecular flexibility index (Phi) is 3.29. The molecular weight excluding hydrogens is 212 g/mol. The molecule has 0 radical (unpaired) electrons. The Morgan fingerprint density at radius 3 is 2.41 bits per heavy atom. The maximum atomic E-state index is 5.71. The lowest BCUT2D eigenvalue weighted by atomic mass is 10.00. The maximum Gasteiger partial charge on any atom is 0.171 e. The van der Waals surface area contributed by atoms with E-state index in [0.717, 1.165) is 22.6 Å². The van der Waals surface area contributed by atoms with E-state index in [1.54, 1.807) is 0 Å². The monoisotopic (exact) mass is 230 g/mol. The van der Waals surface area contributed by atoms with Gasteiger partial charge in [-0.1, -0.05) is 43.3 Å². The Morgan fingerprint density at radius 2 is 1.88 bits per heavy atom. The molecule has 0 saturated carbocycles. The predicted octanol–water partition coefficient (Wildman–Crippen LogP) is 3.23. The molecule has 0 aliphatic rings.